The van der Waals surface area contributed by atoms with E-state index >= 15 is 0 Å². The predicted molar refractivity (Wildman–Crippen MR) is 114 cm³/mol. The maximum atomic E-state index is 12.6. The largest absolute Gasteiger partial charge is 0.416 e. The summed E-state index contributed by atoms with van der Waals surface area (Å²) in [6, 6.07) is 6.54. The number of pyridine rings is 1. The normalized spacial score (nSPS) is 20.7. The topological polar surface area (TPSA) is 113 Å². The van der Waals surface area contributed by atoms with Crippen LogP contribution in [0.1, 0.15) is 35.2 Å². The molecule has 2 aromatic rings. The van der Waals surface area contributed by atoms with Crippen LogP contribution in [0.2, 0.25) is 0 Å². The van der Waals surface area contributed by atoms with Gasteiger partial charge in [-0.15, -0.1) is 0 Å². The van der Waals surface area contributed by atoms with Crippen molar-refractivity contribution in [2.75, 3.05) is 18.5 Å². The average molecular weight is 466 g/mol. The average Bonchev–Trinajstić information content (AvgIpc) is 2.80. The highest BCUT2D eigenvalue weighted by atomic mass is 19.4. The van der Waals surface area contributed by atoms with Gasteiger partial charge in [-0.2, -0.15) is 13.2 Å². The molecule has 33 heavy (non-hydrogen) atoms. The first-order valence-corrected chi connectivity index (χ1v) is 10.5. The van der Waals surface area contributed by atoms with E-state index in [1.165, 1.54) is 18.3 Å². The number of aliphatic hydroxyl groups excluding tert-OH is 1. The van der Waals surface area contributed by atoms with Gasteiger partial charge < -0.3 is 25.8 Å². The Hall–Kier alpha value is -3.18. The second-order valence-corrected chi connectivity index (χ2v) is 7.62. The molecule has 3 rings (SSSR count). The lowest BCUT2D eigenvalue weighted by Crippen LogP contribution is -2.51. The highest BCUT2D eigenvalue weighted by molar-refractivity contribution is 5.94. The van der Waals surface area contributed by atoms with E-state index in [2.05, 4.69) is 20.9 Å². The Labute approximate surface area is 188 Å². The van der Waals surface area contributed by atoms with Crippen molar-refractivity contribution in [3.8, 4) is 0 Å². The molecule has 0 spiro atoms. The van der Waals surface area contributed by atoms with Crippen molar-refractivity contribution < 1.29 is 32.6 Å². The van der Waals surface area contributed by atoms with Gasteiger partial charge in [-0.25, -0.2) is 4.79 Å². The Kier molecular flexibility index (Phi) is 8.23. The maximum absolute atomic E-state index is 12.6. The molecule has 3 atom stereocenters. The number of ether oxygens (including phenoxy) is 1. The number of hydrogen-bond acceptors (Lipinski definition) is 5. The van der Waals surface area contributed by atoms with Gasteiger partial charge in [0, 0.05) is 24.6 Å². The fraction of sp³-hybridized carbons (Fsp3) is 0.409. The summed E-state index contributed by atoms with van der Waals surface area (Å²) < 4.78 is 43.6. The lowest BCUT2D eigenvalue weighted by atomic mass is 9.97. The quantitative estimate of drug-likeness (QED) is 0.501. The van der Waals surface area contributed by atoms with Crippen LogP contribution in [0.4, 0.5) is 23.7 Å². The molecule has 1 aliphatic rings. The van der Waals surface area contributed by atoms with Gasteiger partial charge in [0.05, 0.1) is 29.9 Å². The standard InChI is InChI=1S/C22H25F3N4O4/c23-22(24,25)15-3-5-16(6-4-15)28-21(32)27-11-9-17-7-8-18(19(13-30)33-17)29-20(31)14-2-1-10-26-12-14/h1-6,10,12,17-19,30H,7-9,11,13H2,(H,29,31)(H2,27,28,32)/t17-,18+,19-/m0/s1. The molecule has 8 nitrogen and oxygen atoms in total. The van der Waals surface area contributed by atoms with Crippen LogP contribution in [-0.4, -0.2) is 53.4 Å². The molecule has 0 bridgehead atoms. The van der Waals surface area contributed by atoms with Crippen molar-refractivity contribution in [2.45, 2.75) is 43.7 Å². The van der Waals surface area contributed by atoms with Crippen molar-refractivity contribution in [1.29, 1.82) is 0 Å². The van der Waals surface area contributed by atoms with Gasteiger partial charge in [-0.05, 0) is 55.7 Å². The second kappa shape index (κ2) is 11.1. The van der Waals surface area contributed by atoms with Crippen molar-refractivity contribution in [2.24, 2.45) is 0 Å². The molecule has 0 radical (unpaired) electrons. The summed E-state index contributed by atoms with van der Waals surface area (Å²) >= 11 is 0. The first-order valence-electron chi connectivity index (χ1n) is 10.5. The minimum atomic E-state index is -4.44. The van der Waals surface area contributed by atoms with E-state index in [4.69, 9.17) is 4.74 Å². The third-order valence-electron chi connectivity index (χ3n) is 5.26. The van der Waals surface area contributed by atoms with Crippen LogP contribution in [0.5, 0.6) is 0 Å². The molecule has 1 fully saturated rings. The van der Waals surface area contributed by atoms with Crippen LogP contribution in [0, 0.1) is 0 Å². The number of anilines is 1. The van der Waals surface area contributed by atoms with Crippen LogP contribution >= 0.6 is 0 Å². The molecule has 3 amide bonds. The minimum Gasteiger partial charge on any atom is -0.394 e. The summed E-state index contributed by atoms with van der Waals surface area (Å²) in [5, 5.41) is 17.6. The number of alkyl halides is 3. The summed E-state index contributed by atoms with van der Waals surface area (Å²) in [7, 11) is 0. The molecule has 11 heteroatoms. The molecule has 1 aliphatic heterocycles. The molecular formula is C22H25F3N4O4. The van der Waals surface area contributed by atoms with Gasteiger partial charge in [0.1, 0.15) is 6.10 Å². The minimum absolute atomic E-state index is 0.222. The van der Waals surface area contributed by atoms with Gasteiger partial charge in [0.2, 0.25) is 0 Å². The number of halogens is 3. The molecule has 178 valence electrons. The van der Waals surface area contributed by atoms with E-state index in [-0.39, 0.29) is 36.9 Å². The number of carbonyl (C=O) groups is 2. The van der Waals surface area contributed by atoms with E-state index in [9.17, 15) is 27.9 Å². The molecule has 0 saturated carbocycles. The first kappa shape index (κ1) is 24.5. The lowest BCUT2D eigenvalue weighted by Gasteiger charge is -2.36. The molecule has 1 saturated heterocycles. The summed E-state index contributed by atoms with van der Waals surface area (Å²) in [5.74, 6) is -0.296. The zero-order valence-corrected chi connectivity index (χ0v) is 17.6. The van der Waals surface area contributed by atoms with Crippen molar-refractivity contribution in [3.63, 3.8) is 0 Å². The van der Waals surface area contributed by atoms with Gasteiger partial charge in [-0.1, -0.05) is 0 Å². The maximum Gasteiger partial charge on any atom is 0.416 e. The molecule has 4 N–H and O–H groups in total. The van der Waals surface area contributed by atoms with Gasteiger partial charge in [-0.3, -0.25) is 9.78 Å². The van der Waals surface area contributed by atoms with Crippen LogP contribution in [-0.2, 0) is 10.9 Å². The third-order valence-corrected chi connectivity index (χ3v) is 5.26. The highest BCUT2D eigenvalue weighted by Crippen LogP contribution is 2.29. The molecule has 1 aromatic carbocycles. The molecule has 0 aliphatic carbocycles. The molecule has 0 unspecified atom stereocenters. The smallest absolute Gasteiger partial charge is 0.394 e. The van der Waals surface area contributed by atoms with Gasteiger partial charge in [0.25, 0.3) is 5.91 Å². The Morgan fingerprint density at radius 2 is 1.91 bits per heavy atom. The predicted octanol–water partition coefficient (Wildman–Crippen LogP) is 2.95. The summed E-state index contributed by atoms with van der Waals surface area (Å²) in [6.07, 6.45) is -0.522. The number of nitrogens with one attached hydrogen (secondary N) is 3. The van der Waals surface area contributed by atoms with Crippen molar-refractivity contribution in [1.82, 2.24) is 15.6 Å². The zero-order valence-electron chi connectivity index (χ0n) is 17.6. The van der Waals surface area contributed by atoms with E-state index in [1.54, 1.807) is 18.3 Å². The fourth-order valence-corrected chi connectivity index (χ4v) is 3.52. The van der Waals surface area contributed by atoms with Gasteiger partial charge in [0.15, 0.2) is 0 Å². The number of urea groups is 1. The van der Waals surface area contributed by atoms with Crippen molar-refractivity contribution in [3.05, 3.63) is 59.9 Å². The van der Waals surface area contributed by atoms with E-state index in [1.807, 2.05) is 0 Å². The number of amides is 3. The number of rotatable bonds is 7. The summed E-state index contributed by atoms with van der Waals surface area (Å²) in [6.45, 7) is -0.00167. The number of aromatic nitrogens is 1. The van der Waals surface area contributed by atoms with Crippen LogP contribution in [0.25, 0.3) is 0 Å². The molecular weight excluding hydrogens is 441 g/mol. The molecule has 1 aromatic heterocycles. The van der Waals surface area contributed by atoms with Crippen LogP contribution in [0.15, 0.2) is 48.8 Å². The van der Waals surface area contributed by atoms with Gasteiger partial charge >= 0.3 is 12.2 Å². The zero-order chi connectivity index (χ0) is 23.8. The first-order chi connectivity index (χ1) is 15.8. The van der Waals surface area contributed by atoms with Crippen LogP contribution in [0.3, 0.4) is 0 Å². The SMILES string of the molecule is O=C(NCC[C@@H]1CC[C@@H](NC(=O)c2cccnc2)[C@H](CO)O1)Nc1ccc(C(F)(F)F)cc1. The Bertz CT molecular complexity index is 925. The highest BCUT2D eigenvalue weighted by Gasteiger charge is 2.32. The summed E-state index contributed by atoms with van der Waals surface area (Å²) in [4.78, 5) is 28.2. The van der Waals surface area contributed by atoms with Crippen molar-refractivity contribution >= 4 is 17.6 Å². The Balaban J connectivity index is 1.40. The number of benzene rings is 1. The summed E-state index contributed by atoms with van der Waals surface area (Å²) in [5.41, 5.74) is -0.141. The number of hydrogen-bond donors (Lipinski definition) is 4. The monoisotopic (exact) mass is 466 g/mol. The number of aliphatic hydroxyl groups is 1. The Morgan fingerprint density at radius 1 is 1.15 bits per heavy atom. The van der Waals surface area contributed by atoms with Crippen LogP contribution < -0.4 is 16.0 Å². The number of carbonyl (C=O) groups excluding carboxylic acids is 2. The Morgan fingerprint density at radius 3 is 2.55 bits per heavy atom. The number of nitrogens with zero attached hydrogens (tertiary/aromatic N) is 1. The fourth-order valence-electron chi connectivity index (χ4n) is 3.52. The van der Waals surface area contributed by atoms with E-state index in [0.29, 0.717) is 24.8 Å². The van der Waals surface area contributed by atoms with E-state index < -0.39 is 23.9 Å². The third kappa shape index (κ3) is 7.16. The molecule has 2 heterocycles. The van der Waals surface area contributed by atoms with E-state index in [0.717, 1.165) is 12.1 Å². The lowest BCUT2D eigenvalue weighted by molar-refractivity contribution is -0.137. The second-order valence-electron chi connectivity index (χ2n) is 7.62.